The van der Waals surface area contributed by atoms with E-state index in [2.05, 4.69) is 10.1 Å². The number of aromatic nitrogens is 2. The van der Waals surface area contributed by atoms with E-state index in [1.807, 2.05) is 18.2 Å². The van der Waals surface area contributed by atoms with E-state index in [-0.39, 0.29) is 5.92 Å². The second-order valence-electron chi connectivity index (χ2n) is 5.46. The van der Waals surface area contributed by atoms with Crippen molar-refractivity contribution in [2.24, 2.45) is 11.7 Å². The van der Waals surface area contributed by atoms with Crippen LogP contribution < -0.4 is 5.73 Å². The number of hydrogen-bond donors (Lipinski definition) is 1. The molecule has 0 aliphatic heterocycles. The molecule has 112 valence electrons. The van der Waals surface area contributed by atoms with Crippen molar-refractivity contribution in [3.05, 3.63) is 45.5 Å². The first-order valence-corrected chi connectivity index (χ1v) is 7.90. The molecule has 0 amide bonds. The van der Waals surface area contributed by atoms with Gasteiger partial charge in [0.2, 0.25) is 5.89 Å². The maximum absolute atomic E-state index is 6.17. The van der Waals surface area contributed by atoms with Gasteiger partial charge >= 0.3 is 0 Å². The highest BCUT2D eigenvalue weighted by Crippen LogP contribution is 2.38. The fraction of sp³-hybridized carbons (Fsp3) is 0.467. The van der Waals surface area contributed by atoms with Crippen LogP contribution >= 0.6 is 23.2 Å². The van der Waals surface area contributed by atoms with Crippen molar-refractivity contribution in [2.45, 2.75) is 31.6 Å². The van der Waals surface area contributed by atoms with Gasteiger partial charge in [0, 0.05) is 22.4 Å². The van der Waals surface area contributed by atoms with Crippen LogP contribution in [0, 0.1) is 5.92 Å². The molecular formula is C15H17Cl2N3O. The lowest BCUT2D eigenvalue weighted by Gasteiger charge is -2.12. The van der Waals surface area contributed by atoms with Crippen LogP contribution in [0.25, 0.3) is 0 Å². The van der Waals surface area contributed by atoms with E-state index in [0.717, 1.165) is 18.4 Å². The summed E-state index contributed by atoms with van der Waals surface area (Å²) in [7, 11) is 0. The highest BCUT2D eigenvalue weighted by Gasteiger charge is 2.31. The van der Waals surface area contributed by atoms with E-state index in [9.17, 15) is 0 Å². The zero-order valence-electron chi connectivity index (χ0n) is 11.6. The molecule has 1 aliphatic rings. The molecule has 2 N–H and O–H groups in total. The van der Waals surface area contributed by atoms with Crippen molar-refractivity contribution >= 4 is 23.2 Å². The SMILES string of the molecule is NCC1CCCC1c1nc(Cc2c(Cl)cccc2Cl)no1. The minimum absolute atomic E-state index is 0.290. The average Bonchev–Trinajstić information content (AvgIpc) is 3.11. The summed E-state index contributed by atoms with van der Waals surface area (Å²) in [5, 5.41) is 5.30. The molecule has 0 saturated heterocycles. The molecule has 1 heterocycles. The van der Waals surface area contributed by atoms with Gasteiger partial charge in [-0.05, 0) is 43.0 Å². The summed E-state index contributed by atoms with van der Waals surface area (Å²) in [4.78, 5) is 4.52. The molecule has 2 aromatic rings. The summed E-state index contributed by atoms with van der Waals surface area (Å²) in [6.07, 6.45) is 3.84. The van der Waals surface area contributed by atoms with Crippen LogP contribution in [0.4, 0.5) is 0 Å². The Morgan fingerprint density at radius 1 is 1.24 bits per heavy atom. The fourth-order valence-corrected chi connectivity index (χ4v) is 3.52. The number of benzene rings is 1. The molecule has 0 spiro atoms. The van der Waals surface area contributed by atoms with Gasteiger partial charge < -0.3 is 10.3 Å². The van der Waals surface area contributed by atoms with Gasteiger partial charge in [-0.1, -0.05) is 40.8 Å². The molecule has 2 atom stereocenters. The largest absolute Gasteiger partial charge is 0.339 e. The maximum atomic E-state index is 6.17. The van der Waals surface area contributed by atoms with E-state index in [0.29, 0.717) is 40.6 Å². The Morgan fingerprint density at radius 3 is 2.71 bits per heavy atom. The number of hydrogen-bond acceptors (Lipinski definition) is 4. The highest BCUT2D eigenvalue weighted by molar-refractivity contribution is 6.36. The molecule has 21 heavy (non-hydrogen) atoms. The van der Waals surface area contributed by atoms with Gasteiger partial charge in [0.1, 0.15) is 0 Å². The quantitative estimate of drug-likeness (QED) is 0.928. The first-order valence-electron chi connectivity index (χ1n) is 7.14. The van der Waals surface area contributed by atoms with Crippen LogP contribution in [-0.2, 0) is 6.42 Å². The summed E-state index contributed by atoms with van der Waals surface area (Å²) in [6.45, 7) is 0.665. The Balaban J connectivity index is 1.79. The Labute approximate surface area is 133 Å². The molecule has 0 radical (unpaired) electrons. The lowest BCUT2D eigenvalue weighted by atomic mass is 9.96. The van der Waals surface area contributed by atoms with Crippen LogP contribution in [0.3, 0.4) is 0 Å². The highest BCUT2D eigenvalue weighted by atomic mass is 35.5. The van der Waals surface area contributed by atoms with Crippen LogP contribution in [0.2, 0.25) is 10.0 Å². The van der Waals surface area contributed by atoms with Crippen LogP contribution in [0.1, 0.15) is 42.5 Å². The van der Waals surface area contributed by atoms with E-state index in [1.54, 1.807) is 0 Å². The average molecular weight is 326 g/mol. The molecule has 1 aromatic heterocycles. The van der Waals surface area contributed by atoms with Gasteiger partial charge in [-0.3, -0.25) is 0 Å². The second kappa shape index (κ2) is 6.34. The van der Waals surface area contributed by atoms with Gasteiger partial charge in [0.05, 0.1) is 0 Å². The van der Waals surface area contributed by atoms with Crippen molar-refractivity contribution in [2.75, 3.05) is 6.54 Å². The van der Waals surface area contributed by atoms with Gasteiger partial charge in [-0.15, -0.1) is 0 Å². The zero-order chi connectivity index (χ0) is 14.8. The standard InChI is InChI=1S/C15H17Cl2N3O/c16-12-5-2-6-13(17)11(12)7-14-19-15(21-20-14)10-4-1-3-9(10)8-18/h2,5-6,9-10H,1,3-4,7-8,18H2. The number of rotatable bonds is 4. The van der Waals surface area contributed by atoms with Crippen LogP contribution in [-0.4, -0.2) is 16.7 Å². The molecule has 1 saturated carbocycles. The molecule has 3 rings (SSSR count). The zero-order valence-corrected chi connectivity index (χ0v) is 13.1. The molecule has 0 bridgehead atoms. The lowest BCUT2D eigenvalue weighted by molar-refractivity contribution is 0.323. The van der Waals surface area contributed by atoms with Gasteiger partial charge in [0.25, 0.3) is 0 Å². The lowest BCUT2D eigenvalue weighted by Crippen LogP contribution is -2.17. The van der Waals surface area contributed by atoms with Crippen molar-refractivity contribution in [3.63, 3.8) is 0 Å². The van der Waals surface area contributed by atoms with Gasteiger partial charge in [-0.2, -0.15) is 4.98 Å². The Hall–Kier alpha value is -1.10. The minimum Gasteiger partial charge on any atom is -0.339 e. The summed E-state index contributed by atoms with van der Waals surface area (Å²) in [6, 6.07) is 5.44. The van der Waals surface area contributed by atoms with E-state index in [4.69, 9.17) is 33.5 Å². The molecular weight excluding hydrogens is 309 g/mol. The molecule has 1 aliphatic carbocycles. The van der Waals surface area contributed by atoms with E-state index in [1.165, 1.54) is 6.42 Å². The minimum atomic E-state index is 0.290. The smallest absolute Gasteiger partial charge is 0.230 e. The first kappa shape index (κ1) is 14.8. The van der Waals surface area contributed by atoms with Crippen molar-refractivity contribution in [1.82, 2.24) is 10.1 Å². The summed E-state index contributed by atoms with van der Waals surface area (Å²) >= 11 is 12.3. The van der Waals surface area contributed by atoms with E-state index < -0.39 is 0 Å². The van der Waals surface area contributed by atoms with E-state index >= 15 is 0 Å². The molecule has 1 fully saturated rings. The Kier molecular flexibility index (Phi) is 4.48. The topological polar surface area (TPSA) is 64.9 Å². The molecule has 2 unspecified atom stereocenters. The molecule has 1 aromatic carbocycles. The van der Waals surface area contributed by atoms with Crippen LogP contribution in [0.5, 0.6) is 0 Å². The number of nitrogens with two attached hydrogens (primary N) is 1. The Morgan fingerprint density at radius 2 is 2.00 bits per heavy atom. The third-order valence-electron chi connectivity index (χ3n) is 4.16. The molecule has 4 nitrogen and oxygen atoms in total. The third kappa shape index (κ3) is 3.07. The normalized spacial score (nSPS) is 21.9. The van der Waals surface area contributed by atoms with Crippen molar-refractivity contribution in [3.8, 4) is 0 Å². The predicted octanol–water partition coefficient (Wildman–Crippen LogP) is 3.81. The Bertz CT molecular complexity index is 609. The summed E-state index contributed by atoms with van der Waals surface area (Å²) < 4.78 is 5.43. The monoisotopic (exact) mass is 325 g/mol. The second-order valence-corrected chi connectivity index (χ2v) is 6.27. The van der Waals surface area contributed by atoms with Crippen molar-refractivity contribution < 1.29 is 4.52 Å². The first-order chi connectivity index (χ1) is 10.2. The summed E-state index contributed by atoms with van der Waals surface area (Å²) in [5.41, 5.74) is 6.64. The number of halogens is 2. The van der Waals surface area contributed by atoms with Crippen LogP contribution in [0.15, 0.2) is 22.7 Å². The maximum Gasteiger partial charge on any atom is 0.230 e. The third-order valence-corrected chi connectivity index (χ3v) is 4.87. The van der Waals surface area contributed by atoms with Gasteiger partial charge in [0.15, 0.2) is 5.82 Å². The molecule has 6 heteroatoms. The fourth-order valence-electron chi connectivity index (χ4n) is 2.99. The number of nitrogens with zero attached hydrogens (tertiary/aromatic N) is 2. The predicted molar refractivity (Wildman–Crippen MR) is 82.7 cm³/mol. The van der Waals surface area contributed by atoms with Crippen molar-refractivity contribution in [1.29, 1.82) is 0 Å². The van der Waals surface area contributed by atoms with Gasteiger partial charge in [-0.25, -0.2) is 0 Å². The summed E-state index contributed by atoms with van der Waals surface area (Å²) in [5.74, 6) is 2.05.